The van der Waals surface area contributed by atoms with Gasteiger partial charge >= 0.3 is 0 Å². The summed E-state index contributed by atoms with van der Waals surface area (Å²) in [6, 6.07) is 9.58. The van der Waals surface area contributed by atoms with Crippen LogP contribution in [0.2, 0.25) is 0 Å². The molecule has 0 heterocycles. The highest BCUT2D eigenvalue weighted by atomic mass is 32.2. The fraction of sp³-hybridized carbons (Fsp3) is 0.455. The largest absolute Gasteiger partial charge is 0.495 e. The smallest absolute Gasteiger partial charge is 0.244 e. The van der Waals surface area contributed by atoms with E-state index in [2.05, 4.69) is 10.8 Å². The molecule has 0 bridgehead atoms. The fourth-order valence-corrected chi connectivity index (χ4v) is 5.44. The van der Waals surface area contributed by atoms with E-state index in [-0.39, 0.29) is 10.9 Å². The van der Waals surface area contributed by atoms with Crippen molar-refractivity contribution in [2.24, 2.45) is 0 Å². The number of fused-ring (bicyclic) bond motifs is 1. The van der Waals surface area contributed by atoms with Gasteiger partial charge in [-0.05, 0) is 80.3 Å². The zero-order chi connectivity index (χ0) is 19.6. The van der Waals surface area contributed by atoms with Crippen molar-refractivity contribution in [2.45, 2.75) is 63.8 Å². The summed E-state index contributed by atoms with van der Waals surface area (Å²) in [6.07, 6.45) is 4.84. The van der Waals surface area contributed by atoms with Gasteiger partial charge in [0.05, 0.1) is 7.11 Å². The molecule has 2 aromatic rings. The van der Waals surface area contributed by atoms with Crippen molar-refractivity contribution in [3.63, 3.8) is 0 Å². The highest BCUT2D eigenvalue weighted by Crippen LogP contribution is 2.33. The molecule has 1 aliphatic rings. The second-order valence-corrected chi connectivity index (χ2v) is 9.10. The Labute approximate surface area is 163 Å². The molecule has 0 aromatic heterocycles. The van der Waals surface area contributed by atoms with Crippen LogP contribution < -0.4 is 9.46 Å². The van der Waals surface area contributed by atoms with E-state index in [0.29, 0.717) is 12.2 Å². The van der Waals surface area contributed by atoms with E-state index in [1.54, 1.807) is 0 Å². The monoisotopic (exact) mass is 387 g/mol. The summed E-state index contributed by atoms with van der Waals surface area (Å²) in [5, 5.41) is 0. The topological polar surface area (TPSA) is 55.4 Å². The number of aryl methyl sites for hydroxylation is 4. The second kappa shape index (κ2) is 8.03. The van der Waals surface area contributed by atoms with Crippen molar-refractivity contribution in [3.8, 4) is 5.75 Å². The van der Waals surface area contributed by atoms with Gasteiger partial charge in [0.25, 0.3) is 0 Å². The number of hydrogen-bond acceptors (Lipinski definition) is 3. The van der Waals surface area contributed by atoms with Gasteiger partial charge in [0, 0.05) is 6.04 Å². The summed E-state index contributed by atoms with van der Waals surface area (Å²) < 4.78 is 34.8. The number of nitrogens with one attached hydrogen (secondary N) is 1. The molecule has 3 rings (SSSR count). The van der Waals surface area contributed by atoms with Crippen LogP contribution in [0.3, 0.4) is 0 Å². The zero-order valence-corrected chi connectivity index (χ0v) is 17.4. The van der Waals surface area contributed by atoms with Crippen LogP contribution in [-0.2, 0) is 22.9 Å². The molecule has 0 radical (unpaired) electrons. The van der Waals surface area contributed by atoms with Gasteiger partial charge in [-0.2, -0.15) is 0 Å². The molecule has 0 amide bonds. The number of ether oxygens (including phenoxy) is 1. The summed E-state index contributed by atoms with van der Waals surface area (Å²) in [5.41, 5.74) is 5.62. The predicted molar refractivity (Wildman–Crippen MR) is 109 cm³/mol. The zero-order valence-electron chi connectivity index (χ0n) is 16.6. The molecule has 27 heavy (non-hydrogen) atoms. The average molecular weight is 388 g/mol. The lowest BCUT2D eigenvalue weighted by molar-refractivity contribution is 0.400. The molecule has 0 aliphatic heterocycles. The van der Waals surface area contributed by atoms with Crippen LogP contribution >= 0.6 is 0 Å². The maximum absolute atomic E-state index is 13.2. The van der Waals surface area contributed by atoms with Crippen molar-refractivity contribution in [1.29, 1.82) is 0 Å². The number of methoxy groups -OCH3 is 1. The van der Waals surface area contributed by atoms with Crippen LogP contribution in [0.15, 0.2) is 35.2 Å². The van der Waals surface area contributed by atoms with E-state index in [1.165, 1.54) is 18.2 Å². The first-order valence-corrected chi connectivity index (χ1v) is 11.1. The lowest BCUT2D eigenvalue weighted by atomic mass is 9.92. The van der Waals surface area contributed by atoms with Crippen molar-refractivity contribution >= 4 is 10.0 Å². The maximum Gasteiger partial charge on any atom is 0.244 e. The minimum absolute atomic E-state index is 0.244. The summed E-state index contributed by atoms with van der Waals surface area (Å²) in [4.78, 5) is 0.244. The number of benzene rings is 2. The first-order valence-electron chi connectivity index (χ1n) is 9.65. The Balaban J connectivity index is 1.98. The van der Waals surface area contributed by atoms with E-state index in [9.17, 15) is 8.42 Å². The molecule has 0 fully saturated rings. The lowest BCUT2D eigenvalue weighted by Crippen LogP contribution is -2.29. The van der Waals surface area contributed by atoms with Gasteiger partial charge in [-0.1, -0.05) is 30.7 Å². The van der Waals surface area contributed by atoms with Gasteiger partial charge < -0.3 is 4.74 Å². The number of sulfonamides is 1. The molecule has 1 aliphatic carbocycles. The fourth-order valence-electron chi connectivity index (χ4n) is 3.94. The molecule has 5 heteroatoms. The van der Waals surface area contributed by atoms with Crippen molar-refractivity contribution in [1.82, 2.24) is 4.72 Å². The molecule has 4 nitrogen and oxygen atoms in total. The van der Waals surface area contributed by atoms with Gasteiger partial charge in [-0.15, -0.1) is 0 Å². The summed E-state index contributed by atoms with van der Waals surface area (Å²) in [5.74, 6) is 0.429. The van der Waals surface area contributed by atoms with Gasteiger partial charge in [0.15, 0.2) is 0 Å². The highest BCUT2D eigenvalue weighted by Gasteiger charge is 2.26. The van der Waals surface area contributed by atoms with E-state index in [1.807, 2.05) is 45.0 Å². The molecular weight excluding hydrogens is 358 g/mol. The highest BCUT2D eigenvalue weighted by molar-refractivity contribution is 7.89. The van der Waals surface area contributed by atoms with E-state index >= 15 is 0 Å². The van der Waals surface area contributed by atoms with Crippen LogP contribution in [0, 0.1) is 13.8 Å². The minimum Gasteiger partial charge on any atom is -0.495 e. The number of rotatable bonds is 6. The third-order valence-electron chi connectivity index (χ3n) is 5.42. The van der Waals surface area contributed by atoms with Gasteiger partial charge in [-0.25, -0.2) is 13.1 Å². The Kier molecular flexibility index (Phi) is 5.92. The molecule has 0 saturated heterocycles. The first kappa shape index (κ1) is 19.9. The average Bonchev–Trinajstić information content (AvgIpc) is 2.65. The Morgan fingerprint density at radius 1 is 1.07 bits per heavy atom. The Morgan fingerprint density at radius 2 is 1.74 bits per heavy atom. The van der Waals surface area contributed by atoms with Gasteiger partial charge in [0.1, 0.15) is 10.6 Å². The van der Waals surface area contributed by atoms with Crippen LogP contribution in [0.1, 0.15) is 60.0 Å². The summed E-state index contributed by atoms with van der Waals surface area (Å²) in [6.45, 7) is 6.06. The molecule has 1 N–H and O–H groups in total. The number of hydrogen-bond donors (Lipinski definition) is 1. The maximum atomic E-state index is 13.2. The summed E-state index contributed by atoms with van der Waals surface area (Å²) >= 11 is 0. The molecular formula is C22H29NO3S. The van der Waals surface area contributed by atoms with Crippen LogP contribution in [0.25, 0.3) is 0 Å². The first-order chi connectivity index (χ1) is 12.9. The van der Waals surface area contributed by atoms with E-state index in [4.69, 9.17) is 4.74 Å². The SMILES string of the molecule is CC[C@H](NS(=O)(=O)c1cc2c(cc1OC)CCCC2)c1ccc(C)cc1C. The molecule has 2 aromatic carbocycles. The minimum atomic E-state index is -3.70. The predicted octanol–water partition coefficient (Wildman–Crippen LogP) is 4.62. The molecule has 146 valence electrons. The van der Waals surface area contributed by atoms with Crippen LogP contribution in [0.5, 0.6) is 5.75 Å². The quantitative estimate of drug-likeness (QED) is 0.787. The van der Waals surface area contributed by atoms with Crippen molar-refractivity contribution in [3.05, 3.63) is 58.1 Å². The standard InChI is InChI=1S/C22H29NO3S/c1-5-20(19-11-10-15(2)12-16(19)3)23-27(24,25)22-14-18-9-7-6-8-17(18)13-21(22)26-4/h10-14,20,23H,5-9H2,1-4H3/t20-/m0/s1. The van der Waals surface area contributed by atoms with Crippen molar-refractivity contribution in [2.75, 3.05) is 7.11 Å². The van der Waals surface area contributed by atoms with E-state index in [0.717, 1.165) is 42.4 Å². The van der Waals surface area contributed by atoms with Crippen LogP contribution in [0.4, 0.5) is 0 Å². The molecule has 0 spiro atoms. The van der Waals surface area contributed by atoms with Gasteiger partial charge in [0.2, 0.25) is 10.0 Å². The lowest BCUT2D eigenvalue weighted by Gasteiger charge is -2.23. The third-order valence-corrected chi connectivity index (χ3v) is 6.92. The Bertz CT molecular complexity index is 935. The Morgan fingerprint density at radius 3 is 2.33 bits per heavy atom. The van der Waals surface area contributed by atoms with Crippen molar-refractivity contribution < 1.29 is 13.2 Å². The second-order valence-electron chi connectivity index (χ2n) is 7.42. The van der Waals surface area contributed by atoms with Gasteiger partial charge in [-0.3, -0.25) is 0 Å². The summed E-state index contributed by atoms with van der Waals surface area (Å²) in [7, 11) is -2.17. The molecule has 1 atom stereocenters. The van der Waals surface area contributed by atoms with Crippen LogP contribution in [-0.4, -0.2) is 15.5 Å². The Hall–Kier alpha value is -1.85. The molecule has 0 saturated carbocycles. The third kappa shape index (κ3) is 4.19. The normalized spacial score (nSPS) is 15.3. The molecule has 0 unspecified atom stereocenters. The van der Waals surface area contributed by atoms with E-state index < -0.39 is 10.0 Å².